The summed E-state index contributed by atoms with van der Waals surface area (Å²) in [6.07, 6.45) is 1.95. The van der Waals surface area contributed by atoms with E-state index in [2.05, 4.69) is 260 Å². The molecule has 5 aliphatic heterocycles. The minimum absolute atomic E-state index is 0.0473. The van der Waals surface area contributed by atoms with Gasteiger partial charge in [-0.05, 0) is 130 Å². The zero-order chi connectivity index (χ0) is 50.0. The zero-order valence-electron chi connectivity index (χ0n) is 41.9. The highest BCUT2D eigenvalue weighted by atomic mass is 16.5. The smallest absolute Gasteiger partial charge is 0.256 e. The molecule has 7 heterocycles. The Labute approximate surface area is 446 Å². The van der Waals surface area contributed by atoms with Crippen molar-refractivity contribution in [2.24, 2.45) is 0 Å². The van der Waals surface area contributed by atoms with E-state index in [9.17, 15) is 0 Å². The zero-order valence-corrected chi connectivity index (χ0v) is 41.9. The van der Waals surface area contributed by atoms with Gasteiger partial charge in [0.15, 0.2) is 0 Å². The lowest BCUT2D eigenvalue weighted by Crippen LogP contribution is -2.65. The number of ether oxygens (including phenoxy) is 1. The van der Waals surface area contributed by atoms with E-state index in [0.29, 0.717) is 0 Å². The summed E-state index contributed by atoms with van der Waals surface area (Å²) in [5.74, 6) is 1.85. The molecular formula is C69H45B2N5O. The summed E-state index contributed by atoms with van der Waals surface area (Å²) < 4.78 is 12.1. The predicted octanol–water partition coefficient (Wildman–Crippen LogP) is 13.0. The van der Waals surface area contributed by atoms with E-state index in [1.807, 2.05) is 0 Å². The van der Waals surface area contributed by atoms with Crippen LogP contribution in [0.25, 0.3) is 55.0 Å². The molecule has 6 nitrogen and oxygen atoms in total. The molecule has 0 bridgehead atoms. The van der Waals surface area contributed by atoms with Crippen molar-refractivity contribution in [3.63, 3.8) is 0 Å². The third kappa shape index (κ3) is 5.56. The minimum atomic E-state index is -0.0658. The minimum Gasteiger partial charge on any atom is -0.458 e. The lowest BCUT2D eigenvalue weighted by molar-refractivity contribution is 0.487. The van der Waals surface area contributed by atoms with Crippen LogP contribution in [0.4, 0.5) is 45.5 Å². The normalized spacial score (nSPS) is 14.3. The van der Waals surface area contributed by atoms with Crippen LogP contribution >= 0.6 is 0 Å². The summed E-state index contributed by atoms with van der Waals surface area (Å²) in [5.41, 5.74) is 25.9. The fraction of sp³-hybridized carbons (Fsp3) is 0.0435. The second-order valence-corrected chi connectivity index (χ2v) is 21.4. The molecule has 0 saturated heterocycles. The molecule has 11 aromatic carbocycles. The molecule has 18 rings (SSSR count). The maximum Gasteiger partial charge on any atom is 0.256 e. The van der Waals surface area contributed by atoms with Gasteiger partial charge in [0.1, 0.15) is 11.5 Å². The van der Waals surface area contributed by atoms with Gasteiger partial charge in [-0.2, -0.15) is 0 Å². The van der Waals surface area contributed by atoms with Gasteiger partial charge in [-0.25, -0.2) is 0 Å². The van der Waals surface area contributed by atoms with Crippen molar-refractivity contribution in [2.75, 3.05) is 21.2 Å². The molecule has 5 aliphatic rings. The van der Waals surface area contributed by atoms with Crippen LogP contribution in [0.3, 0.4) is 0 Å². The molecule has 0 amide bonds. The van der Waals surface area contributed by atoms with Crippen LogP contribution < -0.4 is 52.2 Å². The van der Waals surface area contributed by atoms with E-state index >= 15 is 0 Å². The Bertz CT molecular complexity index is 4590. The fourth-order valence-corrected chi connectivity index (χ4v) is 14.7. The van der Waals surface area contributed by atoms with Crippen LogP contribution in [0, 0.1) is 0 Å². The summed E-state index contributed by atoms with van der Waals surface area (Å²) in [7, 11) is 0. The lowest BCUT2D eigenvalue weighted by atomic mass is 9.30. The summed E-state index contributed by atoms with van der Waals surface area (Å²) in [6, 6.07) is 88.1. The van der Waals surface area contributed by atoms with Crippen LogP contribution in [-0.2, 0) is 6.42 Å². The first kappa shape index (κ1) is 41.7. The SMILES string of the molecule is c1ccc(N2c3ccccc3B3c4cc5c6c(c4N(c4ccccc4)c4cc(-n7c8ccccc8c8ccccc87)cc2c43)CCCN6c2cc(-n3c4ccccc4c4ccccc43)cc3c2B5c2ccccc2O3)cc1. The Kier molecular flexibility index (Phi) is 8.37. The average Bonchev–Trinajstić information content (AvgIpc) is 4.20. The molecular weight excluding hydrogens is 936 g/mol. The molecule has 0 aliphatic carbocycles. The summed E-state index contributed by atoms with van der Waals surface area (Å²) >= 11 is 0. The molecule has 0 unspecified atom stereocenters. The maximum atomic E-state index is 7.18. The van der Waals surface area contributed by atoms with Crippen LogP contribution in [0.5, 0.6) is 11.5 Å². The molecule has 0 fully saturated rings. The van der Waals surface area contributed by atoms with Crippen LogP contribution in [0.15, 0.2) is 237 Å². The number of benzene rings is 11. The van der Waals surface area contributed by atoms with Gasteiger partial charge in [-0.3, -0.25) is 0 Å². The van der Waals surface area contributed by atoms with E-state index in [1.165, 1.54) is 116 Å². The third-order valence-corrected chi connectivity index (χ3v) is 17.6. The van der Waals surface area contributed by atoms with E-state index < -0.39 is 0 Å². The Morgan fingerprint density at radius 3 is 1.45 bits per heavy atom. The van der Waals surface area contributed by atoms with Gasteiger partial charge in [-0.1, -0.05) is 152 Å². The molecule has 13 aromatic rings. The second-order valence-electron chi connectivity index (χ2n) is 21.4. The summed E-state index contributed by atoms with van der Waals surface area (Å²) in [4.78, 5) is 7.88. The highest BCUT2D eigenvalue weighted by Gasteiger charge is 2.50. The van der Waals surface area contributed by atoms with E-state index in [1.54, 1.807) is 0 Å². The van der Waals surface area contributed by atoms with Crippen molar-refractivity contribution in [2.45, 2.75) is 12.8 Å². The predicted molar refractivity (Wildman–Crippen MR) is 322 cm³/mol. The van der Waals surface area contributed by atoms with Gasteiger partial charge in [0, 0.05) is 79.7 Å². The summed E-state index contributed by atoms with van der Waals surface area (Å²) in [5, 5.41) is 4.99. The number of aromatic nitrogens is 2. The average molecular weight is 982 g/mol. The Balaban J connectivity index is 0.959. The van der Waals surface area contributed by atoms with Crippen molar-refractivity contribution in [1.82, 2.24) is 9.13 Å². The molecule has 358 valence electrons. The molecule has 2 aromatic heterocycles. The largest absolute Gasteiger partial charge is 0.458 e. The summed E-state index contributed by atoms with van der Waals surface area (Å²) in [6.45, 7) is 0.788. The molecule has 0 spiro atoms. The fourth-order valence-electron chi connectivity index (χ4n) is 14.7. The van der Waals surface area contributed by atoms with Gasteiger partial charge in [0.2, 0.25) is 0 Å². The topological polar surface area (TPSA) is 28.8 Å². The molecule has 0 saturated carbocycles. The number of nitrogens with zero attached hydrogens (tertiary/aromatic N) is 5. The van der Waals surface area contributed by atoms with Gasteiger partial charge in [-0.15, -0.1) is 0 Å². The van der Waals surface area contributed by atoms with Gasteiger partial charge in [0.05, 0.1) is 33.4 Å². The molecule has 0 atom stereocenters. The Morgan fingerprint density at radius 1 is 0.338 bits per heavy atom. The first-order valence-electron chi connectivity index (χ1n) is 27.1. The number of para-hydroxylation sites is 8. The second kappa shape index (κ2) is 15.5. The quantitative estimate of drug-likeness (QED) is 0.164. The lowest BCUT2D eigenvalue weighted by Gasteiger charge is -2.49. The van der Waals surface area contributed by atoms with E-state index in [-0.39, 0.29) is 13.4 Å². The van der Waals surface area contributed by atoms with Crippen molar-refractivity contribution in [1.29, 1.82) is 0 Å². The Morgan fingerprint density at radius 2 is 0.818 bits per heavy atom. The van der Waals surface area contributed by atoms with Crippen molar-refractivity contribution >= 4 is 135 Å². The van der Waals surface area contributed by atoms with Crippen molar-refractivity contribution in [3.05, 3.63) is 242 Å². The number of anilines is 8. The van der Waals surface area contributed by atoms with Crippen LogP contribution in [0.1, 0.15) is 12.0 Å². The standard InChI is InChI=1S/C69H45B2N5O/c1-3-20-43(21-4-1)73-60-35-17-11-29-52(60)70-55-42-54-68-51(69(55)76(44-22-5-2-6-23-44)63-40-45(39-62(73)66(63)70)74-56-31-13-7-24-47(56)48-25-8-14-32-57(48)74)28-19-37-72(68)61-38-46(41-65-67(61)71(54)53-30-12-18-36-64(53)77-65)75-58-33-15-9-26-49(58)50-27-10-16-34-59(50)75/h1-18,20-27,29-36,38-42H,19,28,37H2. The van der Waals surface area contributed by atoms with Gasteiger partial charge >= 0.3 is 0 Å². The van der Waals surface area contributed by atoms with E-state index in [0.717, 1.165) is 53.6 Å². The highest BCUT2D eigenvalue weighted by molar-refractivity contribution is 7.02. The number of hydrogen-bond acceptors (Lipinski definition) is 4. The van der Waals surface area contributed by atoms with Crippen molar-refractivity contribution in [3.8, 4) is 22.9 Å². The molecule has 77 heavy (non-hydrogen) atoms. The third-order valence-electron chi connectivity index (χ3n) is 17.6. The first-order valence-corrected chi connectivity index (χ1v) is 27.1. The first-order chi connectivity index (χ1) is 38.2. The molecule has 0 radical (unpaired) electrons. The van der Waals surface area contributed by atoms with Crippen LogP contribution in [0.2, 0.25) is 0 Å². The van der Waals surface area contributed by atoms with Gasteiger partial charge < -0.3 is 28.6 Å². The maximum absolute atomic E-state index is 7.18. The highest BCUT2D eigenvalue weighted by Crippen LogP contribution is 2.51. The number of rotatable bonds is 4. The number of fused-ring (bicyclic) bond motifs is 15. The Hall–Kier alpha value is -9.65. The monoisotopic (exact) mass is 981 g/mol. The van der Waals surface area contributed by atoms with Crippen LogP contribution in [-0.4, -0.2) is 29.1 Å². The molecule has 8 heteroatoms. The van der Waals surface area contributed by atoms with Crippen molar-refractivity contribution < 1.29 is 4.74 Å². The van der Waals surface area contributed by atoms with E-state index in [4.69, 9.17) is 4.74 Å². The molecule has 0 N–H and O–H groups in total. The number of hydrogen-bond donors (Lipinski definition) is 0. The van der Waals surface area contributed by atoms with Gasteiger partial charge in [0.25, 0.3) is 13.4 Å².